The lowest BCUT2D eigenvalue weighted by Gasteiger charge is -2.09. The Morgan fingerprint density at radius 3 is 2.50 bits per heavy atom. The SMILES string of the molecule is NC(=S)Cc1ccc(NC(=O)CCC2CCCC2)cc1. The normalized spacial score (nSPS) is 15.2. The predicted molar refractivity (Wildman–Crippen MR) is 86.8 cm³/mol. The zero-order chi connectivity index (χ0) is 14.4. The summed E-state index contributed by atoms with van der Waals surface area (Å²) in [5.74, 6) is 0.868. The summed E-state index contributed by atoms with van der Waals surface area (Å²) in [6.07, 6.45) is 7.49. The van der Waals surface area contributed by atoms with E-state index < -0.39 is 0 Å². The van der Waals surface area contributed by atoms with Crippen LogP contribution in [0.5, 0.6) is 0 Å². The smallest absolute Gasteiger partial charge is 0.224 e. The van der Waals surface area contributed by atoms with Gasteiger partial charge in [0.05, 0.1) is 4.99 Å². The Morgan fingerprint density at radius 2 is 1.90 bits per heavy atom. The number of benzene rings is 1. The molecule has 0 heterocycles. The van der Waals surface area contributed by atoms with E-state index >= 15 is 0 Å². The zero-order valence-electron chi connectivity index (χ0n) is 11.7. The maximum absolute atomic E-state index is 11.9. The molecular weight excluding hydrogens is 268 g/mol. The van der Waals surface area contributed by atoms with Gasteiger partial charge in [-0.3, -0.25) is 4.79 Å². The van der Waals surface area contributed by atoms with E-state index in [2.05, 4.69) is 5.32 Å². The third kappa shape index (κ3) is 4.93. The zero-order valence-corrected chi connectivity index (χ0v) is 12.5. The molecule has 0 unspecified atom stereocenters. The fourth-order valence-corrected chi connectivity index (χ4v) is 2.93. The Morgan fingerprint density at radius 1 is 1.25 bits per heavy atom. The highest BCUT2D eigenvalue weighted by Crippen LogP contribution is 2.28. The van der Waals surface area contributed by atoms with Gasteiger partial charge in [0.1, 0.15) is 0 Å². The van der Waals surface area contributed by atoms with E-state index in [1.807, 2.05) is 24.3 Å². The third-order valence-corrected chi connectivity index (χ3v) is 4.01. The van der Waals surface area contributed by atoms with Crippen molar-refractivity contribution in [1.29, 1.82) is 0 Å². The van der Waals surface area contributed by atoms with Crippen molar-refractivity contribution >= 4 is 28.8 Å². The van der Waals surface area contributed by atoms with Crippen LogP contribution in [0.4, 0.5) is 5.69 Å². The number of nitrogens with two attached hydrogens (primary N) is 1. The summed E-state index contributed by atoms with van der Waals surface area (Å²) in [6.45, 7) is 0. The topological polar surface area (TPSA) is 55.1 Å². The van der Waals surface area contributed by atoms with Crippen LogP contribution < -0.4 is 11.1 Å². The van der Waals surface area contributed by atoms with Gasteiger partial charge in [0.2, 0.25) is 5.91 Å². The Hall–Kier alpha value is -1.42. The van der Waals surface area contributed by atoms with Gasteiger partial charge in [-0.2, -0.15) is 0 Å². The lowest BCUT2D eigenvalue weighted by molar-refractivity contribution is -0.116. The summed E-state index contributed by atoms with van der Waals surface area (Å²) < 4.78 is 0. The standard InChI is InChI=1S/C16H22N2OS/c17-15(20)11-13-5-8-14(9-6-13)18-16(19)10-7-12-3-1-2-4-12/h5-6,8-9,12H,1-4,7,10-11H2,(H2,17,20)(H,18,19). The first kappa shape index (κ1) is 15.0. The summed E-state index contributed by atoms with van der Waals surface area (Å²) in [4.78, 5) is 12.4. The monoisotopic (exact) mass is 290 g/mol. The van der Waals surface area contributed by atoms with Crippen molar-refractivity contribution in [3.8, 4) is 0 Å². The number of rotatable bonds is 6. The number of anilines is 1. The van der Waals surface area contributed by atoms with Gasteiger partial charge in [0.25, 0.3) is 0 Å². The maximum atomic E-state index is 11.9. The van der Waals surface area contributed by atoms with Crippen LogP contribution in [0.1, 0.15) is 44.1 Å². The van der Waals surface area contributed by atoms with Gasteiger partial charge in [-0.1, -0.05) is 50.0 Å². The first-order chi connectivity index (χ1) is 9.63. The van der Waals surface area contributed by atoms with E-state index in [0.717, 1.165) is 23.6 Å². The number of hydrogen-bond acceptors (Lipinski definition) is 2. The molecule has 3 N–H and O–H groups in total. The Balaban J connectivity index is 1.76. The highest BCUT2D eigenvalue weighted by molar-refractivity contribution is 7.80. The average molecular weight is 290 g/mol. The van der Waals surface area contributed by atoms with Gasteiger partial charge >= 0.3 is 0 Å². The van der Waals surface area contributed by atoms with Crippen LogP contribution in [0.3, 0.4) is 0 Å². The van der Waals surface area contributed by atoms with E-state index in [9.17, 15) is 4.79 Å². The lowest BCUT2D eigenvalue weighted by atomic mass is 10.0. The summed E-state index contributed by atoms with van der Waals surface area (Å²) in [5.41, 5.74) is 7.42. The van der Waals surface area contributed by atoms with Gasteiger partial charge in [-0.25, -0.2) is 0 Å². The summed E-state index contributed by atoms with van der Waals surface area (Å²) in [7, 11) is 0. The van der Waals surface area contributed by atoms with Crippen LogP contribution in [-0.4, -0.2) is 10.9 Å². The number of amides is 1. The van der Waals surface area contributed by atoms with Gasteiger partial charge in [0, 0.05) is 18.5 Å². The maximum Gasteiger partial charge on any atom is 0.224 e. The molecule has 0 spiro atoms. The average Bonchev–Trinajstić information content (AvgIpc) is 2.91. The summed E-state index contributed by atoms with van der Waals surface area (Å²) in [5, 5.41) is 2.94. The molecule has 108 valence electrons. The molecule has 4 heteroatoms. The first-order valence-electron chi connectivity index (χ1n) is 7.30. The molecule has 1 aromatic rings. The number of thiocarbonyl (C=S) groups is 1. The second kappa shape index (κ2) is 7.39. The van der Waals surface area contributed by atoms with Crippen molar-refractivity contribution in [3.05, 3.63) is 29.8 Å². The van der Waals surface area contributed by atoms with Crippen LogP contribution in [0, 0.1) is 5.92 Å². The molecule has 0 aromatic heterocycles. The molecule has 0 atom stereocenters. The number of hydrogen-bond donors (Lipinski definition) is 2. The van der Waals surface area contributed by atoms with Crippen LogP contribution >= 0.6 is 12.2 Å². The van der Waals surface area contributed by atoms with Gasteiger partial charge in [-0.15, -0.1) is 0 Å². The molecule has 1 fully saturated rings. The van der Waals surface area contributed by atoms with Crippen molar-refractivity contribution in [3.63, 3.8) is 0 Å². The van der Waals surface area contributed by atoms with Crippen LogP contribution in [0.15, 0.2) is 24.3 Å². The Labute approximate surface area is 125 Å². The van der Waals surface area contributed by atoms with E-state index in [4.69, 9.17) is 18.0 Å². The van der Waals surface area contributed by atoms with Crippen molar-refractivity contribution in [2.45, 2.75) is 44.9 Å². The summed E-state index contributed by atoms with van der Waals surface area (Å²) >= 11 is 4.88. The molecule has 0 saturated heterocycles. The van der Waals surface area contributed by atoms with Gasteiger partial charge in [0.15, 0.2) is 0 Å². The highest BCUT2D eigenvalue weighted by atomic mass is 32.1. The molecule has 1 amide bonds. The second-order valence-corrected chi connectivity index (χ2v) is 6.10. The summed E-state index contributed by atoms with van der Waals surface area (Å²) in [6, 6.07) is 7.71. The molecule has 1 aliphatic rings. The molecule has 0 radical (unpaired) electrons. The van der Waals surface area contributed by atoms with Crippen molar-refractivity contribution < 1.29 is 4.79 Å². The van der Waals surface area contributed by atoms with E-state index in [0.29, 0.717) is 17.8 Å². The van der Waals surface area contributed by atoms with E-state index in [1.165, 1.54) is 25.7 Å². The second-order valence-electron chi connectivity index (χ2n) is 5.58. The first-order valence-corrected chi connectivity index (χ1v) is 7.71. The number of carbonyl (C=O) groups is 1. The number of nitrogens with one attached hydrogen (secondary N) is 1. The molecule has 3 nitrogen and oxygen atoms in total. The fraction of sp³-hybridized carbons (Fsp3) is 0.500. The number of carbonyl (C=O) groups excluding carboxylic acids is 1. The highest BCUT2D eigenvalue weighted by Gasteiger charge is 2.16. The quantitative estimate of drug-likeness (QED) is 0.789. The molecule has 1 aliphatic carbocycles. The van der Waals surface area contributed by atoms with E-state index in [-0.39, 0.29) is 5.91 Å². The Bertz CT molecular complexity index is 464. The van der Waals surface area contributed by atoms with Crippen molar-refractivity contribution in [2.24, 2.45) is 11.7 Å². The van der Waals surface area contributed by atoms with Crippen molar-refractivity contribution in [1.82, 2.24) is 0 Å². The van der Waals surface area contributed by atoms with Gasteiger partial charge in [-0.05, 0) is 30.0 Å². The Kier molecular flexibility index (Phi) is 5.53. The van der Waals surface area contributed by atoms with Crippen LogP contribution in [0.25, 0.3) is 0 Å². The molecule has 1 saturated carbocycles. The molecule has 0 bridgehead atoms. The molecular formula is C16H22N2OS. The molecule has 1 aromatic carbocycles. The minimum absolute atomic E-state index is 0.110. The largest absolute Gasteiger partial charge is 0.393 e. The van der Waals surface area contributed by atoms with Crippen LogP contribution in [0.2, 0.25) is 0 Å². The lowest BCUT2D eigenvalue weighted by Crippen LogP contribution is -2.13. The molecule has 2 rings (SSSR count). The van der Waals surface area contributed by atoms with Crippen LogP contribution in [-0.2, 0) is 11.2 Å². The predicted octanol–water partition coefficient (Wildman–Crippen LogP) is 3.42. The molecule has 20 heavy (non-hydrogen) atoms. The third-order valence-electron chi connectivity index (χ3n) is 3.87. The minimum Gasteiger partial charge on any atom is -0.393 e. The minimum atomic E-state index is 0.110. The van der Waals surface area contributed by atoms with Crippen molar-refractivity contribution in [2.75, 3.05) is 5.32 Å². The van der Waals surface area contributed by atoms with Gasteiger partial charge < -0.3 is 11.1 Å². The van der Waals surface area contributed by atoms with E-state index in [1.54, 1.807) is 0 Å². The molecule has 0 aliphatic heterocycles. The fourth-order valence-electron chi connectivity index (χ4n) is 2.76.